The first-order valence-electron chi connectivity index (χ1n) is 8.48. The molecule has 29 heavy (non-hydrogen) atoms. The summed E-state index contributed by atoms with van der Waals surface area (Å²) in [6.45, 7) is 2.43. The fraction of sp³-hybridized carbons (Fsp3) is 0.471. The molecule has 0 saturated carbocycles. The Morgan fingerprint density at radius 2 is 1.76 bits per heavy atom. The van der Waals surface area contributed by atoms with Gasteiger partial charge in [0.05, 0.1) is 5.92 Å². The lowest BCUT2D eigenvalue weighted by Crippen LogP contribution is -2.63. The SMILES string of the molecule is C[C@@H]1[C@@H](N)CN1c1cc(F)c(C2CCC(=O)NC2=O)c(F)c1.O=C(O)C(F)(F)F. The number of nitrogens with one attached hydrogen (secondary N) is 1. The Labute approximate surface area is 161 Å². The van der Waals surface area contributed by atoms with Gasteiger partial charge in [-0.25, -0.2) is 13.6 Å². The molecule has 3 rings (SSSR count). The van der Waals surface area contributed by atoms with E-state index < -0.39 is 41.5 Å². The highest BCUT2D eigenvalue weighted by Crippen LogP contribution is 2.34. The fourth-order valence-electron chi connectivity index (χ4n) is 3.02. The summed E-state index contributed by atoms with van der Waals surface area (Å²) in [6, 6.07) is 2.45. The molecule has 0 aromatic heterocycles. The maximum atomic E-state index is 14.3. The highest BCUT2D eigenvalue weighted by atomic mass is 19.4. The number of carbonyl (C=O) groups excluding carboxylic acids is 2. The van der Waals surface area contributed by atoms with E-state index in [1.165, 1.54) is 12.1 Å². The van der Waals surface area contributed by atoms with Crippen molar-refractivity contribution in [1.29, 1.82) is 0 Å². The lowest BCUT2D eigenvalue weighted by atomic mass is 9.89. The Morgan fingerprint density at radius 1 is 1.24 bits per heavy atom. The molecule has 4 N–H and O–H groups in total. The molecule has 1 aromatic carbocycles. The average molecular weight is 423 g/mol. The van der Waals surface area contributed by atoms with Crippen LogP contribution in [0.25, 0.3) is 0 Å². The number of aliphatic carboxylic acids is 1. The van der Waals surface area contributed by atoms with E-state index in [-0.39, 0.29) is 30.5 Å². The third kappa shape index (κ3) is 5.00. The van der Waals surface area contributed by atoms with Crippen LogP contribution in [-0.4, -0.2) is 47.7 Å². The molecular weight excluding hydrogens is 405 g/mol. The number of carbonyl (C=O) groups is 3. The summed E-state index contributed by atoms with van der Waals surface area (Å²) >= 11 is 0. The number of amides is 2. The molecule has 2 amide bonds. The lowest BCUT2D eigenvalue weighted by Gasteiger charge is -2.46. The number of hydrogen-bond acceptors (Lipinski definition) is 5. The molecule has 2 fully saturated rings. The molecule has 2 aliphatic rings. The summed E-state index contributed by atoms with van der Waals surface area (Å²) in [6.07, 6.45) is -4.89. The quantitative estimate of drug-likeness (QED) is 0.493. The normalized spacial score (nSPS) is 24.2. The second kappa shape index (κ2) is 8.31. The first-order chi connectivity index (χ1) is 13.3. The molecule has 2 heterocycles. The first kappa shape index (κ1) is 22.5. The Kier molecular flexibility index (Phi) is 6.46. The molecule has 0 spiro atoms. The van der Waals surface area contributed by atoms with Gasteiger partial charge < -0.3 is 15.7 Å². The largest absolute Gasteiger partial charge is 0.490 e. The molecule has 0 aliphatic carbocycles. The minimum absolute atomic E-state index is 0.0130. The number of piperidine rings is 1. The van der Waals surface area contributed by atoms with Gasteiger partial charge in [-0.05, 0) is 25.5 Å². The smallest absolute Gasteiger partial charge is 0.475 e. The summed E-state index contributed by atoms with van der Waals surface area (Å²) in [5, 5.41) is 9.24. The van der Waals surface area contributed by atoms with Gasteiger partial charge in [0.1, 0.15) is 11.6 Å². The Bertz CT molecular complexity index is 807. The van der Waals surface area contributed by atoms with Crippen molar-refractivity contribution < 1.29 is 41.4 Å². The summed E-state index contributed by atoms with van der Waals surface area (Å²) in [5.74, 6) is -6.33. The second-order valence-electron chi connectivity index (χ2n) is 6.69. The second-order valence-corrected chi connectivity index (χ2v) is 6.69. The van der Waals surface area contributed by atoms with Crippen LogP contribution in [0, 0.1) is 11.6 Å². The third-order valence-electron chi connectivity index (χ3n) is 4.74. The molecule has 1 aromatic rings. The van der Waals surface area contributed by atoms with Gasteiger partial charge in [-0.1, -0.05) is 0 Å². The summed E-state index contributed by atoms with van der Waals surface area (Å²) in [7, 11) is 0. The van der Waals surface area contributed by atoms with Gasteiger partial charge in [-0.3, -0.25) is 14.9 Å². The van der Waals surface area contributed by atoms with E-state index in [0.717, 1.165) is 0 Å². The number of nitrogens with zero attached hydrogens (tertiary/aromatic N) is 1. The van der Waals surface area contributed by atoms with Gasteiger partial charge in [0, 0.05) is 36.3 Å². The van der Waals surface area contributed by atoms with E-state index in [1.807, 2.05) is 11.8 Å². The topological polar surface area (TPSA) is 113 Å². The number of rotatable bonds is 2. The molecular formula is C17H18F5N3O4. The van der Waals surface area contributed by atoms with Crippen molar-refractivity contribution >= 4 is 23.5 Å². The monoisotopic (exact) mass is 423 g/mol. The Balaban J connectivity index is 0.000000370. The Morgan fingerprint density at radius 3 is 2.14 bits per heavy atom. The number of carboxylic acid groups (broad SMARTS) is 1. The maximum absolute atomic E-state index is 14.3. The number of anilines is 1. The molecule has 7 nitrogen and oxygen atoms in total. The van der Waals surface area contributed by atoms with Gasteiger partial charge in [0.2, 0.25) is 11.8 Å². The van der Waals surface area contributed by atoms with Gasteiger partial charge in [0.25, 0.3) is 0 Å². The van der Waals surface area contributed by atoms with Crippen LogP contribution in [-0.2, 0) is 14.4 Å². The van der Waals surface area contributed by atoms with E-state index in [0.29, 0.717) is 12.2 Å². The van der Waals surface area contributed by atoms with Crippen LogP contribution in [0.1, 0.15) is 31.2 Å². The Hall–Kier alpha value is -2.76. The predicted octanol–water partition coefficient (Wildman–Crippen LogP) is 1.65. The minimum Gasteiger partial charge on any atom is -0.475 e. The maximum Gasteiger partial charge on any atom is 0.490 e. The fourth-order valence-corrected chi connectivity index (χ4v) is 3.02. The highest BCUT2D eigenvalue weighted by Gasteiger charge is 2.38. The van der Waals surface area contributed by atoms with Crippen LogP contribution in [0.2, 0.25) is 0 Å². The summed E-state index contributed by atoms with van der Waals surface area (Å²) in [4.78, 5) is 33.6. The van der Waals surface area contributed by atoms with Crippen molar-refractivity contribution in [3.63, 3.8) is 0 Å². The molecule has 0 radical (unpaired) electrons. The predicted molar refractivity (Wildman–Crippen MR) is 90.0 cm³/mol. The number of alkyl halides is 3. The average Bonchev–Trinajstić information content (AvgIpc) is 2.60. The van der Waals surface area contributed by atoms with Gasteiger partial charge in [-0.2, -0.15) is 13.2 Å². The number of benzene rings is 1. The van der Waals surface area contributed by atoms with Crippen molar-refractivity contribution in [2.75, 3.05) is 11.4 Å². The van der Waals surface area contributed by atoms with Crippen LogP contribution < -0.4 is 16.0 Å². The minimum atomic E-state index is -5.08. The third-order valence-corrected chi connectivity index (χ3v) is 4.74. The number of carboxylic acids is 1. The zero-order valence-corrected chi connectivity index (χ0v) is 15.1. The van der Waals surface area contributed by atoms with Crippen molar-refractivity contribution in [2.24, 2.45) is 5.73 Å². The molecule has 12 heteroatoms. The summed E-state index contributed by atoms with van der Waals surface area (Å²) in [5.41, 5.74) is 5.93. The van der Waals surface area contributed by atoms with Crippen molar-refractivity contribution in [3.05, 3.63) is 29.3 Å². The molecule has 2 saturated heterocycles. The molecule has 160 valence electrons. The lowest BCUT2D eigenvalue weighted by molar-refractivity contribution is -0.192. The number of halogens is 5. The van der Waals surface area contributed by atoms with Gasteiger partial charge >= 0.3 is 12.1 Å². The number of hydrogen-bond donors (Lipinski definition) is 3. The standard InChI is InChI=1S/C15H17F2N3O2.C2HF3O2/c1-7-12(18)6-20(7)8-4-10(16)14(11(17)5-8)9-2-3-13(21)19-15(9)22;3-2(4,5)1(6)7/h4-5,7,9,12H,2-3,6,18H2,1H3,(H,19,21,22);(H,6,7)/t7-,9?,12+;/m1./s1. The van der Waals surface area contributed by atoms with Crippen LogP contribution in [0.4, 0.5) is 27.6 Å². The number of imide groups is 1. The van der Waals surface area contributed by atoms with Crippen molar-refractivity contribution in [2.45, 2.75) is 43.9 Å². The van der Waals surface area contributed by atoms with Crippen LogP contribution >= 0.6 is 0 Å². The number of nitrogens with two attached hydrogens (primary N) is 1. The van der Waals surface area contributed by atoms with E-state index in [2.05, 4.69) is 5.32 Å². The van der Waals surface area contributed by atoms with Crippen molar-refractivity contribution in [1.82, 2.24) is 5.32 Å². The molecule has 3 atom stereocenters. The van der Waals surface area contributed by atoms with Crippen LogP contribution in [0.15, 0.2) is 12.1 Å². The molecule has 1 unspecified atom stereocenters. The van der Waals surface area contributed by atoms with E-state index in [4.69, 9.17) is 15.6 Å². The van der Waals surface area contributed by atoms with Gasteiger partial charge in [0.15, 0.2) is 0 Å². The highest BCUT2D eigenvalue weighted by molar-refractivity contribution is 6.01. The summed E-state index contributed by atoms with van der Waals surface area (Å²) < 4.78 is 60.4. The van der Waals surface area contributed by atoms with E-state index in [1.54, 1.807) is 0 Å². The van der Waals surface area contributed by atoms with E-state index >= 15 is 0 Å². The zero-order chi connectivity index (χ0) is 22.1. The molecule has 2 aliphatic heterocycles. The van der Waals surface area contributed by atoms with Crippen LogP contribution in [0.5, 0.6) is 0 Å². The van der Waals surface area contributed by atoms with Gasteiger partial charge in [-0.15, -0.1) is 0 Å². The van der Waals surface area contributed by atoms with Crippen molar-refractivity contribution in [3.8, 4) is 0 Å². The zero-order valence-electron chi connectivity index (χ0n) is 15.1. The molecule has 0 bridgehead atoms. The van der Waals surface area contributed by atoms with Crippen LogP contribution in [0.3, 0.4) is 0 Å². The van der Waals surface area contributed by atoms with E-state index in [9.17, 15) is 31.5 Å². The first-order valence-corrected chi connectivity index (χ1v) is 8.48.